The number of para-hydroxylation sites is 2. The fourth-order valence-corrected chi connectivity index (χ4v) is 6.46. The fourth-order valence-electron chi connectivity index (χ4n) is 6.46. The molecule has 3 aliphatic rings. The first-order chi connectivity index (χ1) is 15.1. The number of fused-ring (bicyclic) bond motifs is 3. The highest BCUT2D eigenvalue weighted by atomic mass is 16.2. The third kappa shape index (κ3) is 1.72. The molecule has 2 saturated heterocycles. The molecule has 154 valence electrons. The van der Waals surface area contributed by atoms with Gasteiger partial charge in [-0.15, -0.1) is 0 Å². The molecule has 31 heavy (non-hydrogen) atoms. The Bertz CT molecular complexity index is 1420. The number of rotatable bonds is 3. The van der Waals surface area contributed by atoms with Crippen molar-refractivity contribution in [2.45, 2.75) is 18.5 Å². The van der Waals surface area contributed by atoms with Crippen LogP contribution in [0.3, 0.4) is 0 Å². The third-order valence-electron chi connectivity index (χ3n) is 7.72. The second kappa shape index (κ2) is 5.35. The van der Waals surface area contributed by atoms with Crippen molar-refractivity contribution in [1.82, 2.24) is 25.8 Å². The Morgan fingerprint density at radius 3 is 2.16 bits per heavy atom. The van der Waals surface area contributed by atoms with E-state index in [1.54, 1.807) is 0 Å². The minimum absolute atomic E-state index is 0.109. The zero-order valence-electron chi connectivity index (χ0n) is 16.5. The van der Waals surface area contributed by atoms with Crippen LogP contribution in [0.15, 0.2) is 60.9 Å². The number of carbonyl (C=O) groups is 2. The summed E-state index contributed by atoms with van der Waals surface area (Å²) in [7, 11) is 0. The normalized spacial score (nSPS) is 32.9. The number of aromatic amines is 2. The van der Waals surface area contributed by atoms with Crippen molar-refractivity contribution in [2.24, 2.45) is 16.7 Å². The molecular weight excluding hydrogens is 392 g/mol. The van der Waals surface area contributed by atoms with Gasteiger partial charge in [-0.25, -0.2) is 10.9 Å². The number of piperidine rings is 1. The zero-order valence-corrected chi connectivity index (χ0v) is 16.5. The number of hydrogen-bond acceptors (Lipinski definition) is 4. The lowest BCUT2D eigenvalue weighted by Crippen LogP contribution is -2.50. The van der Waals surface area contributed by atoms with E-state index in [1.165, 1.54) is 0 Å². The Balaban J connectivity index is 1.49. The first-order valence-corrected chi connectivity index (χ1v) is 10.4. The van der Waals surface area contributed by atoms with Crippen molar-refractivity contribution in [3.8, 4) is 0 Å². The summed E-state index contributed by atoms with van der Waals surface area (Å²) in [6.07, 6.45) is 4.37. The van der Waals surface area contributed by atoms with Crippen LogP contribution in [0.5, 0.6) is 0 Å². The zero-order chi connectivity index (χ0) is 21.0. The molecule has 4 aromatic rings. The van der Waals surface area contributed by atoms with Crippen molar-refractivity contribution < 1.29 is 9.59 Å². The van der Waals surface area contributed by atoms with Gasteiger partial charge in [0.15, 0.2) is 0 Å². The standard InChI is InChI=1S/C23H20N6O2/c24-27-20(30)22-11-23(22)19(15-10-26-17-8-4-2-6-13(15)17)29(28-21(23)31)18(22)14-9-25-16-7-3-1-5-12(14)16/h1-10,18-19,25-26H,11,24H2,(H,27,30)(H,28,31). The molecule has 6 N–H and O–H groups in total. The largest absolute Gasteiger partial charge is 0.361 e. The van der Waals surface area contributed by atoms with Gasteiger partial charge in [0.25, 0.3) is 0 Å². The van der Waals surface area contributed by atoms with Gasteiger partial charge in [-0.05, 0) is 29.7 Å². The van der Waals surface area contributed by atoms with E-state index in [1.807, 2.05) is 59.9 Å². The quantitative estimate of drug-likeness (QED) is 0.201. The van der Waals surface area contributed by atoms with Gasteiger partial charge in [-0.3, -0.25) is 20.4 Å². The SMILES string of the molecule is NNC(=O)C12CC13C(=O)NN(C2c1c[nH]c2ccccc12)C3c1c[nH]c2ccccc12. The summed E-state index contributed by atoms with van der Waals surface area (Å²) in [5, 5.41) is 4.08. The van der Waals surface area contributed by atoms with E-state index in [2.05, 4.69) is 26.9 Å². The van der Waals surface area contributed by atoms with E-state index < -0.39 is 10.8 Å². The Labute approximate surface area is 176 Å². The second-order valence-corrected chi connectivity index (χ2v) is 8.83. The van der Waals surface area contributed by atoms with E-state index in [0.717, 1.165) is 32.9 Å². The fraction of sp³-hybridized carbons (Fsp3) is 0.217. The van der Waals surface area contributed by atoms with Crippen molar-refractivity contribution >= 4 is 33.6 Å². The molecule has 0 radical (unpaired) electrons. The minimum atomic E-state index is -0.919. The number of nitrogens with one attached hydrogen (secondary N) is 4. The number of H-pyrrole nitrogens is 2. The molecule has 5 atom stereocenters. The minimum Gasteiger partial charge on any atom is -0.361 e. The van der Waals surface area contributed by atoms with Gasteiger partial charge in [0, 0.05) is 34.2 Å². The third-order valence-corrected chi connectivity index (χ3v) is 7.72. The molecule has 1 saturated carbocycles. The van der Waals surface area contributed by atoms with Crippen LogP contribution >= 0.6 is 0 Å². The average molecular weight is 412 g/mol. The number of hydrazine groups is 2. The van der Waals surface area contributed by atoms with Crippen LogP contribution in [0.4, 0.5) is 0 Å². The van der Waals surface area contributed by atoms with E-state index in [9.17, 15) is 9.59 Å². The molecule has 2 aromatic carbocycles. The maximum atomic E-state index is 13.3. The van der Waals surface area contributed by atoms with Crippen LogP contribution in [-0.4, -0.2) is 26.8 Å². The topological polar surface area (TPSA) is 119 Å². The van der Waals surface area contributed by atoms with Crippen LogP contribution in [0.1, 0.15) is 29.6 Å². The molecule has 2 bridgehead atoms. The molecule has 8 nitrogen and oxygen atoms in total. The lowest BCUT2D eigenvalue weighted by Gasteiger charge is -2.33. The molecule has 2 aliphatic heterocycles. The van der Waals surface area contributed by atoms with E-state index in [4.69, 9.17) is 5.84 Å². The van der Waals surface area contributed by atoms with Crippen LogP contribution < -0.4 is 16.7 Å². The van der Waals surface area contributed by atoms with Gasteiger partial charge in [-0.1, -0.05) is 36.4 Å². The van der Waals surface area contributed by atoms with Crippen molar-refractivity contribution in [3.63, 3.8) is 0 Å². The van der Waals surface area contributed by atoms with E-state index in [0.29, 0.717) is 6.42 Å². The van der Waals surface area contributed by atoms with Crippen LogP contribution in [0.25, 0.3) is 21.8 Å². The number of hydrogen-bond donors (Lipinski definition) is 5. The molecular formula is C23H20N6O2. The van der Waals surface area contributed by atoms with Crippen molar-refractivity contribution in [1.29, 1.82) is 0 Å². The lowest BCUT2D eigenvalue weighted by atomic mass is 9.81. The van der Waals surface area contributed by atoms with Crippen LogP contribution in [-0.2, 0) is 9.59 Å². The monoisotopic (exact) mass is 412 g/mol. The molecule has 2 amide bonds. The average Bonchev–Trinajstić information content (AvgIpc) is 3.08. The van der Waals surface area contributed by atoms with Gasteiger partial charge in [-0.2, -0.15) is 0 Å². The number of benzene rings is 2. The lowest BCUT2D eigenvalue weighted by molar-refractivity contribution is -0.138. The van der Waals surface area contributed by atoms with Crippen molar-refractivity contribution in [2.75, 3.05) is 0 Å². The number of amides is 2. The van der Waals surface area contributed by atoms with Crippen LogP contribution in [0, 0.1) is 10.8 Å². The first-order valence-electron chi connectivity index (χ1n) is 10.4. The van der Waals surface area contributed by atoms with Gasteiger partial charge in [0.05, 0.1) is 22.9 Å². The van der Waals surface area contributed by atoms with E-state index in [-0.39, 0.29) is 23.9 Å². The molecule has 1 spiro atoms. The Hall–Kier alpha value is -3.62. The number of carbonyl (C=O) groups excluding carboxylic acids is 2. The number of aromatic nitrogens is 2. The molecule has 8 heteroatoms. The number of nitrogens with zero attached hydrogens (tertiary/aromatic N) is 1. The smallest absolute Gasteiger partial charge is 0.243 e. The van der Waals surface area contributed by atoms with Gasteiger partial charge < -0.3 is 9.97 Å². The highest BCUT2D eigenvalue weighted by Gasteiger charge is 2.91. The van der Waals surface area contributed by atoms with Gasteiger partial charge >= 0.3 is 0 Å². The summed E-state index contributed by atoms with van der Waals surface area (Å²) >= 11 is 0. The molecule has 3 fully saturated rings. The molecule has 2 aromatic heterocycles. The predicted octanol–water partition coefficient (Wildman–Crippen LogP) is 2.16. The van der Waals surface area contributed by atoms with Gasteiger partial charge in [0.2, 0.25) is 11.8 Å². The summed E-state index contributed by atoms with van der Waals surface area (Å²) in [4.78, 5) is 33.2. The molecule has 7 rings (SSSR count). The highest BCUT2D eigenvalue weighted by molar-refractivity contribution is 6.05. The van der Waals surface area contributed by atoms with Crippen molar-refractivity contribution in [3.05, 3.63) is 72.1 Å². The summed E-state index contributed by atoms with van der Waals surface area (Å²) in [6, 6.07) is 15.4. The summed E-state index contributed by atoms with van der Waals surface area (Å²) in [5.41, 5.74) is 7.69. The Morgan fingerprint density at radius 2 is 1.55 bits per heavy atom. The Morgan fingerprint density at radius 1 is 0.968 bits per heavy atom. The van der Waals surface area contributed by atoms with Gasteiger partial charge in [0.1, 0.15) is 0 Å². The molecule has 1 aliphatic carbocycles. The van der Waals surface area contributed by atoms with Crippen LogP contribution in [0.2, 0.25) is 0 Å². The summed E-state index contributed by atoms with van der Waals surface area (Å²) in [6.45, 7) is 0. The molecule has 5 unspecified atom stereocenters. The highest BCUT2D eigenvalue weighted by Crippen LogP contribution is 2.84. The first kappa shape index (κ1) is 17.1. The maximum Gasteiger partial charge on any atom is 0.243 e. The number of nitrogens with two attached hydrogens (primary N) is 1. The summed E-state index contributed by atoms with van der Waals surface area (Å²) in [5.74, 6) is 5.26. The maximum absolute atomic E-state index is 13.3. The second-order valence-electron chi connectivity index (χ2n) is 8.83. The molecule has 4 heterocycles. The Kier molecular flexibility index (Phi) is 2.95. The summed E-state index contributed by atoms with van der Waals surface area (Å²) < 4.78 is 0. The van der Waals surface area contributed by atoms with E-state index >= 15 is 0 Å². The predicted molar refractivity (Wildman–Crippen MR) is 114 cm³/mol.